The first-order valence-corrected chi connectivity index (χ1v) is 7.03. The van der Waals surface area contributed by atoms with Gasteiger partial charge >= 0.3 is 0 Å². The lowest BCUT2D eigenvalue weighted by Crippen LogP contribution is -2.37. The van der Waals surface area contributed by atoms with Crippen molar-refractivity contribution in [3.63, 3.8) is 0 Å². The van der Waals surface area contributed by atoms with E-state index in [4.69, 9.17) is 5.26 Å². The molecule has 9 heteroatoms. The molecule has 1 aromatic carbocycles. The minimum atomic E-state index is -4.26. The number of hydrogen-bond donors (Lipinski definition) is 1. The first kappa shape index (κ1) is 16.0. The van der Waals surface area contributed by atoms with E-state index in [-0.39, 0.29) is 5.92 Å². The van der Waals surface area contributed by atoms with Gasteiger partial charge in [0.05, 0.1) is 17.1 Å². The number of non-ortho nitro benzene ring substituents is 1. The lowest BCUT2D eigenvalue weighted by molar-refractivity contribution is -0.385. The second kappa shape index (κ2) is 5.94. The Kier molecular flexibility index (Phi) is 4.75. The van der Waals surface area contributed by atoms with Crippen LogP contribution in [0.1, 0.15) is 13.8 Å². The summed E-state index contributed by atoms with van der Waals surface area (Å²) in [7, 11) is -4.26. The Bertz CT molecular complexity index is 667. The first-order chi connectivity index (χ1) is 9.19. The second-order valence-electron chi connectivity index (χ2n) is 4.34. The van der Waals surface area contributed by atoms with E-state index >= 15 is 0 Å². The van der Waals surface area contributed by atoms with E-state index in [9.17, 15) is 22.9 Å². The van der Waals surface area contributed by atoms with Crippen LogP contribution in [-0.2, 0) is 10.0 Å². The van der Waals surface area contributed by atoms with E-state index in [0.717, 1.165) is 12.1 Å². The predicted molar refractivity (Wildman–Crippen MR) is 67.6 cm³/mol. The van der Waals surface area contributed by atoms with Crippen molar-refractivity contribution in [2.45, 2.75) is 24.8 Å². The number of nitro benzene ring substituents is 1. The second-order valence-corrected chi connectivity index (χ2v) is 6.03. The van der Waals surface area contributed by atoms with Gasteiger partial charge in [0.15, 0.2) is 0 Å². The lowest BCUT2D eigenvalue weighted by atomic mass is 10.1. The molecule has 0 aliphatic rings. The molecule has 1 N–H and O–H groups in total. The standard InChI is InChI=1S/C11H12FN3O4S/c1-7(2)10(6-13)14-20(18,19)11-4-3-8(15(16)17)5-9(11)12/h3-5,7,10,14H,1-2H3. The fourth-order valence-corrected chi connectivity index (χ4v) is 2.71. The number of halogens is 1. The molecule has 0 aliphatic heterocycles. The monoisotopic (exact) mass is 301 g/mol. The van der Waals surface area contributed by atoms with Crippen molar-refractivity contribution in [1.82, 2.24) is 4.72 Å². The molecule has 0 spiro atoms. The largest absolute Gasteiger partial charge is 0.272 e. The predicted octanol–water partition coefficient (Wildman–Crippen LogP) is 1.56. The maximum absolute atomic E-state index is 13.7. The van der Waals surface area contributed by atoms with Gasteiger partial charge in [-0.1, -0.05) is 13.8 Å². The van der Waals surface area contributed by atoms with Crippen LogP contribution >= 0.6 is 0 Å². The highest BCUT2D eigenvalue weighted by Crippen LogP contribution is 2.21. The molecule has 0 heterocycles. The minimum absolute atomic E-state index is 0.309. The van der Waals surface area contributed by atoms with Gasteiger partial charge < -0.3 is 0 Å². The van der Waals surface area contributed by atoms with Gasteiger partial charge in [-0.25, -0.2) is 12.8 Å². The Hall–Kier alpha value is -2.05. The molecule has 7 nitrogen and oxygen atoms in total. The van der Waals surface area contributed by atoms with E-state index in [1.54, 1.807) is 19.9 Å². The Morgan fingerprint density at radius 2 is 2.05 bits per heavy atom. The average molecular weight is 301 g/mol. The highest BCUT2D eigenvalue weighted by atomic mass is 32.2. The van der Waals surface area contributed by atoms with Gasteiger partial charge in [-0.3, -0.25) is 10.1 Å². The van der Waals surface area contributed by atoms with Crippen LogP contribution in [0.4, 0.5) is 10.1 Å². The van der Waals surface area contributed by atoms with Crippen molar-refractivity contribution < 1.29 is 17.7 Å². The van der Waals surface area contributed by atoms with Gasteiger partial charge in [0.2, 0.25) is 10.0 Å². The highest BCUT2D eigenvalue weighted by Gasteiger charge is 2.26. The molecule has 1 atom stereocenters. The summed E-state index contributed by atoms with van der Waals surface area (Å²) in [6.07, 6.45) is 0. The zero-order chi connectivity index (χ0) is 15.5. The van der Waals surface area contributed by atoms with E-state index in [1.165, 1.54) is 0 Å². The van der Waals surface area contributed by atoms with Crippen LogP contribution in [0.5, 0.6) is 0 Å². The summed E-state index contributed by atoms with van der Waals surface area (Å²) in [6.45, 7) is 3.26. The van der Waals surface area contributed by atoms with Crippen molar-refractivity contribution in [3.05, 3.63) is 34.1 Å². The quantitative estimate of drug-likeness (QED) is 0.655. The number of nitriles is 1. The van der Waals surface area contributed by atoms with Gasteiger partial charge in [-0.05, 0) is 12.0 Å². The topological polar surface area (TPSA) is 113 Å². The summed E-state index contributed by atoms with van der Waals surface area (Å²) in [6, 6.07) is 2.94. The molecular weight excluding hydrogens is 289 g/mol. The molecule has 0 saturated carbocycles. The first-order valence-electron chi connectivity index (χ1n) is 5.55. The Balaban J connectivity index is 3.17. The molecule has 1 rings (SSSR count). The summed E-state index contributed by atoms with van der Waals surface area (Å²) in [5.74, 6) is -1.55. The molecule has 0 amide bonds. The van der Waals surface area contributed by atoms with E-state index in [0.29, 0.717) is 6.07 Å². The Morgan fingerprint density at radius 1 is 1.45 bits per heavy atom. The van der Waals surface area contributed by atoms with Crippen LogP contribution in [-0.4, -0.2) is 19.4 Å². The van der Waals surface area contributed by atoms with Crippen LogP contribution in [0.15, 0.2) is 23.1 Å². The van der Waals surface area contributed by atoms with Gasteiger partial charge in [-0.15, -0.1) is 0 Å². The summed E-state index contributed by atoms with van der Waals surface area (Å²) in [5.41, 5.74) is -0.554. The third-order valence-electron chi connectivity index (χ3n) is 2.50. The number of benzene rings is 1. The van der Waals surface area contributed by atoms with Gasteiger partial charge in [0.25, 0.3) is 5.69 Å². The summed E-state index contributed by atoms with van der Waals surface area (Å²) in [5, 5.41) is 19.3. The SMILES string of the molecule is CC(C)C(C#N)NS(=O)(=O)c1ccc([N+](=O)[O-])cc1F. The van der Waals surface area contributed by atoms with Crippen LogP contribution in [0.25, 0.3) is 0 Å². The smallest absolute Gasteiger partial charge is 0.258 e. The van der Waals surface area contributed by atoms with E-state index < -0.39 is 37.4 Å². The van der Waals surface area contributed by atoms with E-state index in [1.807, 2.05) is 4.72 Å². The number of sulfonamides is 1. The minimum Gasteiger partial charge on any atom is -0.258 e. The summed E-state index contributed by atoms with van der Waals surface area (Å²) in [4.78, 5) is 8.89. The highest BCUT2D eigenvalue weighted by molar-refractivity contribution is 7.89. The molecule has 0 aliphatic carbocycles. The van der Waals surface area contributed by atoms with Crippen LogP contribution in [0.2, 0.25) is 0 Å². The molecule has 0 radical (unpaired) electrons. The van der Waals surface area contributed by atoms with Crippen molar-refractivity contribution in [1.29, 1.82) is 5.26 Å². The number of nitrogens with one attached hydrogen (secondary N) is 1. The summed E-state index contributed by atoms with van der Waals surface area (Å²) < 4.78 is 39.6. The number of rotatable bonds is 5. The molecule has 0 saturated heterocycles. The lowest BCUT2D eigenvalue weighted by Gasteiger charge is -2.15. The van der Waals surface area contributed by atoms with Crippen molar-refractivity contribution in [3.8, 4) is 6.07 Å². The third kappa shape index (κ3) is 3.49. The molecule has 0 bridgehead atoms. The van der Waals surface area contributed by atoms with Crippen molar-refractivity contribution in [2.75, 3.05) is 0 Å². The molecule has 1 aromatic rings. The van der Waals surface area contributed by atoms with Crippen LogP contribution < -0.4 is 4.72 Å². The zero-order valence-corrected chi connectivity index (χ0v) is 11.5. The summed E-state index contributed by atoms with van der Waals surface area (Å²) >= 11 is 0. The molecule has 0 fully saturated rings. The van der Waals surface area contributed by atoms with Gasteiger partial charge in [0, 0.05) is 6.07 Å². The van der Waals surface area contributed by atoms with Crippen molar-refractivity contribution in [2.24, 2.45) is 5.92 Å². The van der Waals surface area contributed by atoms with Crippen LogP contribution in [0, 0.1) is 33.2 Å². The van der Waals surface area contributed by atoms with E-state index in [2.05, 4.69) is 0 Å². The molecule has 1 unspecified atom stereocenters. The Morgan fingerprint density at radius 3 is 2.45 bits per heavy atom. The zero-order valence-electron chi connectivity index (χ0n) is 10.7. The fourth-order valence-electron chi connectivity index (χ4n) is 1.36. The normalized spacial score (nSPS) is 12.9. The fraction of sp³-hybridized carbons (Fsp3) is 0.364. The van der Waals surface area contributed by atoms with Gasteiger partial charge in [-0.2, -0.15) is 9.98 Å². The molecule has 20 heavy (non-hydrogen) atoms. The number of hydrogen-bond acceptors (Lipinski definition) is 5. The molecular formula is C11H12FN3O4S. The maximum Gasteiger partial charge on any atom is 0.272 e. The van der Waals surface area contributed by atoms with Crippen LogP contribution in [0.3, 0.4) is 0 Å². The Labute approximate surface area is 115 Å². The molecule has 0 aromatic heterocycles. The maximum atomic E-state index is 13.7. The van der Waals surface area contributed by atoms with Gasteiger partial charge in [0.1, 0.15) is 16.8 Å². The number of nitro groups is 1. The molecule has 108 valence electrons. The number of nitrogens with zero attached hydrogens (tertiary/aromatic N) is 2. The van der Waals surface area contributed by atoms with Crippen molar-refractivity contribution >= 4 is 15.7 Å². The third-order valence-corrected chi connectivity index (χ3v) is 3.98. The average Bonchev–Trinajstić information content (AvgIpc) is 2.35.